The van der Waals surface area contributed by atoms with Crippen LogP contribution in [0.25, 0.3) is 0 Å². The molecule has 0 unspecified atom stereocenters. The molecule has 0 bridgehead atoms. The molecule has 0 fully saturated rings. The predicted molar refractivity (Wildman–Crippen MR) is 135 cm³/mol. The lowest BCUT2D eigenvalue weighted by Crippen LogP contribution is -2.48. The van der Waals surface area contributed by atoms with Crippen molar-refractivity contribution in [1.82, 2.24) is 10.2 Å². The van der Waals surface area contributed by atoms with E-state index in [1.807, 2.05) is 19.1 Å². The fourth-order valence-electron chi connectivity index (χ4n) is 3.67. The van der Waals surface area contributed by atoms with E-state index in [0.717, 1.165) is 11.8 Å². The summed E-state index contributed by atoms with van der Waals surface area (Å²) in [7, 11) is -0.547. The van der Waals surface area contributed by atoms with Crippen LogP contribution in [0.3, 0.4) is 0 Å². The maximum Gasteiger partial charge on any atom is 0.242 e. The summed E-state index contributed by atoms with van der Waals surface area (Å²) >= 11 is 6.30. The molecule has 2 aromatic carbocycles. The van der Waals surface area contributed by atoms with Crippen LogP contribution in [0.4, 0.5) is 5.69 Å². The second kappa shape index (κ2) is 12.6. The monoisotopic (exact) mass is 509 g/mol. The topological polar surface area (TPSA) is 96.0 Å². The van der Waals surface area contributed by atoms with Crippen molar-refractivity contribution < 1.29 is 22.7 Å². The number of hydrogen-bond acceptors (Lipinski definition) is 5. The smallest absolute Gasteiger partial charge is 0.242 e. The number of nitrogens with one attached hydrogen (secondary N) is 1. The van der Waals surface area contributed by atoms with Gasteiger partial charge in [-0.25, -0.2) is 8.42 Å². The minimum absolute atomic E-state index is 0.0634. The molecule has 10 heteroatoms. The summed E-state index contributed by atoms with van der Waals surface area (Å²) in [4.78, 5) is 27.3. The summed E-state index contributed by atoms with van der Waals surface area (Å²) in [6.45, 7) is 2.12. The quantitative estimate of drug-likeness (QED) is 0.472. The Morgan fingerprint density at radius 3 is 2.44 bits per heavy atom. The zero-order valence-electron chi connectivity index (χ0n) is 20.0. The van der Waals surface area contributed by atoms with Crippen LogP contribution < -0.4 is 14.4 Å². The molecule has 34 heavy (non-hydrogen) atoms. The highest BCUT2D eigenvalue weighted by atomic mass is 35.5. The molecule has 0 aliphatic heterocycles. The summed E-state index contributed by atoms with van der Waals surface area (Å²) in [5.41, 5.74) is 1.19. The van der Waals surface area contributed by atoms with Gasteiger partial charge in [-0.1, -0.05) is 42.8 Å². The van der Waals surface area contributed by atoms with E-state index < -0.39 is 16.1 Å². The van der Waals surface area contributed by atoms with E-state index in [2.05, 4.69) is 5.32 Å². The average molecular weight is 510 g/mol. The first-order valence-corrected chi connectivity index (χ1v) is 13.2. The van der Waals surface area contributed by atoms with E-state index in [9.17, 15) is 18.0 Å². The number of ether oxygens (including phenoxy) is 1. The van der Waals surface area contributed by atoms with Gasteiger partial charge in [0.2, 0.25) is 21.8 Å². The van der Waals surface area contributed by atoms with Crippen LogP contribution in [0.5, 0.6) is 5.75 Å². The fourth-order valence-corrected chi connectivity index (χ4v) is 4.82. The minimum atomic E-state index is -3.58. The van der Waals surface area contributed by atoms with Crippen molar-refractivity contribution in [3.63, 3.8) is 0 Å². The molecule has 0 aromatic heterocycles. The van der Waals surface area contributed by atoms with Crippen molar-refractivity contribution in [2.75, 3.05) is 31.3 Å². The number of anilines is 1. The van der Waals surface area contributed by atoms with Crippen molar-refractivity contribution in [1.29, 1.82) is 0 Å². The third kappa shape index (κ3) is 7.36. The Labute approximate surface area is 206 Å². The zero-order chi connectivity index (χ0) is 25.3. The largest absolute Gasteiger partial charge is 0.497 e. The van der Waals surface area contributed by atoms with Gasteiger partial charge in [-0.05, 0) is 36.6 Å². The van der Waals surface area contributed by atoms with Crippen LogP contribution in [0, 0.1) is 0 Å². The average Bonchev–Trinajstić information content (AvgIpc) is 2.81. The van der Waals surface area contributed by atoms with E-state index in [0.29, 0.717) is 22.9 Å². The van der Waals surface area contributed by atoms with Gasteiger partial charge in [0, 0.05) is 37.6 Å². The van der Waals surface area contributed by atoms with Gasteiger partial charge in [0.15, 0.2) is 0 Å². The summed E-state index contributed by atoms with van der Waals surface area (Å²) in [6.07, 6.45) is 1.88. The standard InChI is InChI=1S/C24H32ClN3O5S/c1-5-22(24(30)26-2)27(17-18-10-6-7-13-21(18)25)23(29)14-9-15-28(34(4,31)32)19-11-8-12-20(16-19)33-3/h6-8,10-13,16,22H,5,9,14-15,17H2,1-4H3,(H,26,30)/t22-/m0/s1. The Hall–Kier alpha value is -2.78. The number of sulfonamides is 1. The number of nitrogens with zero attached hydrogens (tertiary/aromatic N) is 2. The van der Waals surface area contributed by atoms with E-state index in [1.54, 1.807) is 36.4 Å². The molecular weight excluding hydrogens is 478 g/mol. The maximum atomic E-state index is 13.3. The molecule has 1 N–H and O–H groups in total. The minimum Gasteiger partial charge on any atom is -0.497 e. The first kappa shape index (κ1) is 27.5. The number of methoxy groups -OCH3 is 1. The molecule has 0 aliphatic carbocycles. The van der Waals surface area contributed by atoms with Crippen LogP contribution in [0.2, 0.25) is 5.02 Å². The number of carbonyl (C=O) groups excluding carboxylic acids is 2. The van der Waals surface area contributed by atoms with Crippen LogP contribution in [0.1, 0.15) is 31.7 Å². The lowest BCUT2D eigenvalue weighted by Gasteiger charge is -2.31. The molecule has 2 rings (SSSR count). The lowest BCUT2D eigenvalue weighted by atomic mass is 10.1. The van der Waals surface area contributed by atoms with Crippen LogP contribution >= 0.6 is 11.6 Å². The van der Waals surface area contributed by atoms with Crippen LogP contribution in [-0.2, 0) is 26.2 Å². The van der Waals surface area contributed by atoms with E-state index in [4.69, 9.17) is 16.3 Å². The highest BCUT2D eigenvalue weighted by molar-refractivity contribution is 7.92. The second-order valence-electron chi connectivity index (χ2n) is 7.79. The number of rotatable bonds is 12. The first-order chi connectivity index (χ1) is 16.1. The molecule has 0 radical (unpaired) electrons. The van der Waals surface area contributed by atoms with Crippen molar-refractivity contribution in [2.24, 2.45) is 0 Å². The maximum absolute atomic E-state index is 13.3. The molecule has 0 aliphatic rings. The Morgan fingerprint density at radius 1 is 1.15 bits per heavy atom. The molecule has 0 saturated carbocycles. The number of carbonyl (C=O) groups is 2. The lowest BCUT2D eigenvalue weighted by molar-refractivity contribution is -0.141. The Kier molecular flexibility index (Phi) is 10.2. The summed E-state index contributed by atoms with van der Waals surface area (Å²) in [5.74, 6) is 0.0102. The van der Waals surface area contributed by atoms with Gasteiger partial charge in [0.1, 0.15) is 11.8 Å². The Balaban J connectivity index is 2.21. The van der Waals surface area contributed by atoms with Gasteiger partial charge >= 0.3 is 0 Å². The molecule has 2 aromatic rings. The number of halogens is 1. The van der Waals surface area contributed by atoms with Gasteiger partial charge in [-0.15, -0.1) is 0 Å². The molecule has 186 valence electrons. The van der Waals surface area contributed by atoms with Gasteiger partial charge in [0.25, 0.3) is 0 Å². The van der Waals surface area contributed by atoms with Gasteiger partial charge in [0.05, 0.1) is 19.1 Å². The highest BCUT2D eigenvalue weighted by Gasteiger charge is 2.28. The first-order valence-electron chi connectivity index (χ1n) is 11.0. The van der Waals surface area contributed by atoms with E-state index >= 15 is 0 Å². The number of amides is 2. The van der Waals surface area contributed by atoms with Gasteiger partial charge in [-0.3, -0.25) is 13.9 Å². The molecule has 0 heterocycles. The zero-order valence-corrected chi connectivity index (χ0v) is 21.5. The number of hydrogen-bond donors (Lipinski definition) is 1. The summed E-state index contributed by atoms with van der Waals surface area (Å²) in [5, 5.41) is 3.12. The Morgan fingerprint density at radius 2 is 1.85 bits per heavy atom. The van der Waals surface area contributed by atoms with Crippen molar-refractivity contribution in [2.45, 2.75) is 38.8 Å². The molecular formula is C24H32ClN3O5S. The third-order valence-corrected chi connectivity index (χ3v) is 6.99. The highest BCUT2D eigenvalue weighted by Crippen LogP contribution is 2.24. The van der Waals surface area contributed by atoms with Crippen molar-refractivity contribution >= 4 is 39.1 Å². The van der Waals surface area contributed by atoms with Crippen molar-refractivity contribution in [3.8, 4) is 5.75 Å². The van der Waals surface area contributed by atoms with E-state index in [-0.39, 0.29) is 37.7 Å². The van der Waals surface area contributed by atoms with Gasteiger partial charge < -0.3 is 15.0 Å². The number of benzene rings is 2. The SMILES string of the molecule is CC[C@@H](C(=O)NC)N(Cc1ccccc1Cl)C(=O)CCCN(c1cccc(OC)c1)S(C)(=O)=O. The Bertz CT molecular complexity index is 1090. The van der Waals surface area contributed by atoms with E-state index in [1.165, 1.54) is 23.4 Å². The van der Waals surface area contributed by atoms with Gasteiger partial charge in [-0.2, -0.15) is 0 Å². The predicted octanol–water partition coefficient (Wildman–Crippen LogP) is 3.45. The summed E-state index contributed by atoms with van der Waals surface area (Å²) in [6, 6.07) is 13.2. The van der Waals surface area contributed by atoms with Crippen LogP contribution in [-0.4, -0.2) is 58.1 Å². The molecule has 0 spiro atoms. The molecule has 2 amide bonds. The normalized spacial score (nSPS) is 12.0. The third-order valence-electron chi connectivity index (χ3n) is 5.42. The molecule has 1 atom stereocenters. The fraction of sp³-hybridized carbons (Fsp3) is 0.417. The van der Waals surface area contributed by atoms with Crippen molar-refractivity contribution in [3.05, 3.63) is 59.1 Å². The van der Waals surface area contributed by atoms with Crippen LogP contribution in [0.15, 0.2) is 48.5 Å². The molecule has 8 nitrogen and oxygen atoms in total. The number of likely N-dealkylation sites (N-methyl/N-ethyl adjacent to an activating group) is 1. The molecule has 0 saturated heterocycles. The second-order valence-corrected chi connectivity index (χ2v) is 10.1. The summed E-state index contributed by atoms with van der Waals surface area (Å²) < 4.78 is 31.3.